The summed E-state index contributed by atoms with van der Waals surface area (Å²) in [5.74, 6) is 0.870. The number of hydrogen-bond acceptors (Lipinski definition) is 2. The van der Waals surface area contributed by atoms with Gasteiger partial charge in [-0.25, -0.2) is 4.98 Å². The summed E-state index contributed by atoms with van der Waals surface area (Å²) < 4.78 is 9.02. The van der Waals surface area contributed by atoms with Crippen molar-refractivity contribution in [1.82, 2.24) is 9.38 Å². The van der Waals surface area contributed by atoms with Crippen LogP contribution in [0.15, 0.2) is 65.4 Å². The lowest BCUT2D eigenvalue weighted by Crippen LogP contribution is -1.97. The molecule has 0 fully saturated rings. The molecule has 0 amide bonds. The van der Waals surface area contributed by atoms with E-state index in [1.165, 1.54) is 5.56 Å². The zero-order valence-electron chi connectivity index (χ0n) is 15.0. The number of pyridine rings is 1. The van der Waals surface area contributed by atoms with Crippen LogP contribution in [0.4, 0.5) is 0 Å². The van der Waals surface area contributed by atoms with Crippen molar-refractivity contribution in [2.24, 2.45) is 0 Å². The lowest BCUT2D eigenvalue weighted by molar-refractivity contribution is 0.304. The first-order valence-electron chi connectivity index (χ1n) is 8.63. The number of halogens is 2. The minimum absolute atomic E-state index is 0.512. The molecule has 2 aromatic carbocycles. The lowest BCUT2D eigenvalue weighted by atomic mass is 10.1. The number of aromatic nitrogens is 2. The molecule has 27 heavy (non-hydrogen) atoms. The van der Waals surface area contributed by atoms with Crippen molar-refractivity contribution in [3.05, 3.63) is 87.1 Å². The van der Waals surface area contributed by atoms with Crippen LogP contribution in [0.5, 0.6) is 5.75 Å². The standard InChI is InChI=1S/C22H18BrClN2O/c1-14-9-19(23)22-25-20(12-26(22)11-14)17-5-8-21(15(2)10-17)27-13-16-3-6-18(24)7-4-16/h3-12H,13H2,1-2H3. The van der Waals surface area contributed by atoms with Crippen molar-refractivity contribution in [3.8, 4) is 17.0 Å². The third-order valence-electron chi connectivity index (χ3n) is 4.42. The summed E-state index contributed by atoms with van der Waals surface area (Å²) in [5, 5.41) is 0.730. The first-order chi connectivity index (χ1) is 13.0. The molecule has 3 nitrogen and oxygen atoms in total. The van der Waals surface area contributed by atoms with Gasteiger partial charge in [0.25, 0.3) is 0 Å². The van der Waals surface area contributed by atoms with Crippen LogP contribution in [0.2, 0.25) is 5.02 Å². The van der Waals surface area contributed by atoms with Gasteiger partial charge in [-0.2, -0.15) is 0 Å². The Kier molecular flexibility index (Phi) is 4.94. The summed E-state index contributed by atoms with van der Waals surface area (Å²) in [6.45, 7) is 4.63. The molecule has 0 N–H and O–H groups in total. The van der Waals surface area contributed by atoms with Gasteiger partial charge >= 0.3 is 0 Å². The molecule has 2 heterocycles. The van der Waals surface area contributed by atoms with E-state index in [-0.39, 0.29) is 0 Å². The van der Waals surface area contributed by atoms with E-state index in [2.05, 4.69) is 58.7 Å². The van der Waals surface area contributed by atoms with E-state index in [0.717, 1.165) is 43.3 Å². The molecule has 4 aromatic rings. The maximum Gasteiger partial charge on any atom is 0.151 e. The molecule has 0 saturated carbocycles. The second-order valence-electron chi connectivity index (χ2n) is 6.62. The summed E-state index contributed by atoms with van der Waals surface area (Å²) in [6, 6.07) is 15.9. The van der Waals surface area contributed by atoms with Crippen molar-refractivity contribution < 1.29 is 4.74 Å². The molecular formula is C22H18BrClN2O. The van der Waals surface area contributed by atoms with Crippen molar-refractivity contribution in [3.63, 3.8) is 0 Å². The Morgan fingerprint density at radius 2 is 1.81 bits per heavy atom. The average molecular weight is 442 g/mol. The molecule has 0 aliphatic rings. The molecule has 4 rings (SSSR count). The molecule has 136 valence electrons. The van der Waals surface area contributed by atoms with Crippen molar-refractivity contribution in [2.75, 3.05) is 0 Å². The maximum atomic E-state index is 5.97. The Morgan fingerprint density at radius 3 is 2.56 bits per heavy atom. The first kappa shape index (κ1) is 18.1. The van der Waals surface area contributed by atoms with Gasteiger partial charge in [-0.15, -0.1) is 0 Å². The summed E-state index contributed by atoms with van der Waals surface area (Å²) >= 11 is 9.52. The summed E-state index contributed by atoms with van der Waals surface area (Å²) in [7, 11) is 0. The van der Waals surface area contributed by atoms with E-state index in [1.54, 1.807) is 0 Å². The Labute approximate surface area is 171 Å². The average Bonchev–Trinajstić information content (AvgIpc) is 3.06. The smallest absolute Gasteiger partial charge is 0.151 e. The topological polar surface area (TPSA) is 26.5 Å². The molecule has 2 aromatic heterocycles. The van der Waals surface area contributed by atoms with E-state index in [4.69, 9.17) is 21.3 Å². The van der Waals surface area contributed by atoms with Crippen molar-refractivity contribution in [2.45, 2.75) is 20.5 Å². The molecule has 0 radical (unpaired) electrons. The SMILES string of the molecule is Cc1cc(Br)c2nc(-c3ccc(OCc4ccc(Cl)cc4)c(C)c3)cn2c1. The minimum atomic E-state index is 0.512. The highest BCUT2D eigenvalue weighted by Gasteiger charge is 2.10. The molecule has 5 heteroatoms. The Hall–Kier alpha value is -2.30. The fourth-order valence-electron chi connectivity index (χ4n) is 3.04. The lowest BCUT2D eigenvalue weighted by Gasteiger charge is -2.10. The van der Waals surface area contributed by atoms with Gasteiger partial charge < -0.3 is 9.14 Å². The summed E-state index contributed by atoms with van der Waals surface area (Å²) in [6.07, 6.45) is 4.13. The van der Waals surface area contributed by atoms with Crippen molar-refractivity contribution >= 4 is 33.2 Å². The molecular weight excluding hydrogens is 424 g/mol. The second kappa shape index (κ2) is 7.37. The van der Waals surface area contributed by atoms with Gasteiger partial charge in [-0.1, -0.05) is 23.7 Å². The van der Waals surface area contributed by atoms with Crippen LogP contribution in [0.3, 0.4) is 0 Å². The Morgan fingerprint density at radius 1 is 1.04 bits per heavy atom. The molecule has 0 saturated heterocycles. The molecule has 0 aliphatic carbocycles. The quantitative estimate of drug-likeness (QED) is 0.356. The highest BCUT2D eigenvalue weighted by Crippen LogP contribution is 2.28. The predicted molar refractivity (Wildman–Crippen MR) is 114 cm³/mol. The van der Waals surface area contributed by atoms with Gasteiger partial charge in [0.2, 0.25) is 0 Å². The van der Waals surface area contributed by atoms with Crippen LogP contribution in [-0.4, -0.2) is 9.38 Å². The Bertz CT molecular complexity index is 1120. The number of ether oxygens (including phenoxy) is 1. The third kappa shape index (κ3) is 3.87. The minimum Gasteiger partial charge on any atom is -0.489 e. The zero-order chi connectivity index (χ0) is 19.0. The number of aryl methyl sites for hydroxylation is 2. The van der Waals surface area contributed by atoms with Gasteiger partial charge in [0, 0.05) is 23.0 Å². The van der Waals surface area contributed by atoms with E-state index in [1.807, 2.05) is 36.4 Å². The van der Waals surface area contributed by atoms with Crippen LogP contribution in [0.25, 0.3) is 16.9 Å². The van der Waals surface area contributed by atoms with Gasteiger partial charge in [0.05, 0.1) is 10.2 Å². The van der Waals surface area contributed by atoms with E-state index >= 15 is 0 Å². The first-order valence-corrected chi connectivity index (χ1v) is 9.80. The van der Waals surface area contributed by atoms with E-state index in [0.29, 0.717) is 6.61 Å². The maximum absolute atomic E-state index is 5.97. The van der Waals surface area contributed by atoms with Gasteiger partial charge in [-0.05, 0) is 82.9 Å². The van der Waals surface area contributed by atoms with Crippen LogP contribution < -0.4 is 4.74 Å². The zero-order valence-corrected chi connectivity index (χ0v) is 17.4. The highest BCUT2D eigenvalue weighted by atomic mass is 79.9. The summed E-state index contributed by atoms with van der Waals surface area (Å²) in [4.78, 5) is 4.76. The molecule has 0 unspecified atom stereocenters. The van der Waals surface area contributed by atoms with Gasteiger partial charge in [0.15, 0.2) is 5.65 Å². The van der Waals surface area contributed by atoms with Gasteiger partial charge in [0.1, 0.15) is 12.4 Å². The molecule has 0 spiro atoms. The van der Waals surface area contributed by atoms with Crippen LogP contribution in [0, 0.1) is 13.8 Å². The monoisotopic (exact) mass is 440 g/mol. The predicted octanol–water partition coefficient (Wildman–Crippen LogP) is 6.61. The van der Waals surface area contributed by atoms with E-state index < -0.39 is 0 Å². The number of hydrogen-bond donors (Lipinski definition) is 0. The Balaban J connectivity index is 1.58. The number of nitrogens with zero attached hydrogens (tertiary/aromatic N) is 2. The molecule has 0 atom stereocenters. The normalized spacial score (nSPS) is 11.1. The van der Waals surface area contributed by atoms with Crippen molar-refractivity contribution in [1.29, 1.82) is 0 Å². The number of rotatable bonds is 4. The van der Waals surface area contributed by atoms with Crippen LogP contribution in [0.1, 0.15) is 16.7 Å². The number of benzene rings is 2. The third-order valence-corrected chi connectivity index (χ3v) is 5.26. The largest absolute Gasteiger partial charge is 0.489 e. The molecule has 0 aliphatic heterocycles. The van der Waals surface area contributed by atoms with Crippen LogP contribution in [-0.2, 0) is 6.61 Å². The van der Waals surface area contributed by atoms with Gasteiger partial charge in [-0.3, -0.25) is 0 Å². The summed E-state index contributed by atoms with van der Waals surface area (Å²) in [5.41, 5.74) is 6.27. The number of fused-ring (bicyclic) bond motifs is 1. The van der Waals surface area contributed by atoms with Crippen LogP contribution >= 0.6 is 27.5 Å². The fourth-order valence-corrected chi connectivity index (χ4v) is 3.82. The molecule has 0 bridgehead atoms. The van der Waals surface area contributed by atoms with E-state index in [9.17, 15) is 0 Å². The highest BCUT2D eigenvalue weighted by molar-refractivity contribution is 9.10. The second-order valence-corrected chi connectivity index (χ2v) is 7.91. The number of imidazole rings is 1. The fraction of sp³-hybridized carbons (Fsp3) is 0.136.